The lowest BCUT2D eigenvalue weighted by atomic mass is 10.1. The molecule has 1 heterocycles. The van der Waals surface area contributed by atoms with E-state index in [1.165, 1.54) is 4.88 Å². The molecule has 4 heteroatoms. The van der Waals surface area contributed by atoms with Gasteiger partial charge < -0.3 is 5.32 Å². The van der Waals surface area contributed by atoms with E-state index < -0.39 is 0 Å². The molecule has 1 N–H and O–H groups in total. The fraction of sp³-hybridized carbons (Fsp3) is 0.538. The molecule has 0 radical (unpaired) electrons. The third-order valence-electron chi connectivity index (χ3n) is 2.96. The van der Waals surface area contributed by atoms with Crippen molar-refractivity contribution in [1.82, 2.24) is 5.32 Å². The molecule has 2 rings (SSSR count). The average molecular weight is 248 g/mol. The van der Waals surface area contributed by atoms with Crippen LogP contribution < -0.4 is 5.32 Å². The molecule has 0 aromatic carbocycles. The Balaban J connectivity index is 1.65. The molecule has 1 atom stereocenters. The molecule has 17 heavy (non-hydrogen) atoms. The number of carbonyl (C=O) groups excluding carboxylic acids is 1. The van der Waals surface area contributed by atoms with Gasteiger partial charge in [0.25, 0.3) is 0 Å². The summed E-state index contributed by atoms with van der Waals surface area (Å²) in [6, 6.07) is 6.02. The van der Waals surface area contributed by atoms with Crippen molar-refractivity contribution < 1.29 is 4.79 Å². The lowest BCUT2D eigenvalue weighted by Crippen LogP contribution is -2.35. The van der Waals surface area contributed by atoms with E-state index in [-0.39, 0.29) is 11.9 Å². The predicted molar refractivity (Wildman–Crippen MR) is 67.5 cm³/mol. The molecule has 90 valence electrons. The number of hydrogen-bond acceptors (Lipinski definition) is 3. The number of amides is 1. The summed E-state index contributed by atoms with van der Waals surface area (Å²) in [5.41, 5.74) is 0. The largest absolute Gasteiger partial charge is 0.340 e. The molecule has 1 aliphatic rings. The first-order valence-corrected chi connectivity index (χ1v) is 6.89. The number of nitrogens with one attached hydrogen (secondary N) is 1. The minimum absolute atomic E-state index is 0.0139. The fourth-order valence-electron chi connectivity index (χ4n) is 1.81. The highest BCUT2D eigenvalue weighted by Gasteiger charge is 2.32. The van der Waals surface area contributed by atoms with Gasteiger partial charge in [-0.05, 0) is 43.0 Å². The lowest BCUT2D eigenvalue weighted by molar-refractivity contribution is -0.121. The van der Waals surface area contributed by atoms with Crippen LogP contribution in [0.1, 0.15) is 30.6 Å². The molecule has 0 aliphatic heterocycles. The van der Waals surface area contributed by atoms with Crippen molar-refractivity contribution in [3.63, 3.8) is 0 Å². The van der Waals surface area contributed by atoms with Crippen molar-refractivity contribution in [2.24, 2.45) is 5.92 Å². The summed E-state index contributed by atoms with van der Waals surface area (Å²) in [7, 11) is 0. The highest BCUT2D eigenvalue weighted by molar-refractivity contribution is 7.09. The quantitative estimate of drug-likeness (QED) is 0.841. The van der Waals surface area contributed by atoms with Crippen molar-refractivity contribution in [2.75, 3.05) is 0 Å². The number of nitrogens with zero attached hydrogens (tertiary/aromatic N) is 1. The van der Waals surface area contributed by atoms with Gasteiger partial charge in [0, 0.05) is 11.3 Å². The molecule has 0 spiro atoms. The topological polar surface area (TPSA) is 52.9 Å². The van der Waals surface area contributed by atoms with Crippen LogP contribution in [0.4, 0.5) is 0 Å². The van der Waals surface area contributed by atoms with Crippen LogP contribution in [0.25, 0.3) is 0 Å². The maximum absolute atomic E-state index is 11.6. The summed E-state index contributed by atoms with van der Waals surface area (Å²) in [5.74, 6) is 0.418. The Kier molecular flexibility index (Phi) is 4.16. The summed E-state index contributed by atoms with van der Waals surface area (Å²) in [5, 5.41) is 13.8. The van der Waals surface area contributed by atoms with Gasteiger partial charge in [-0.25, -0.2) is 0 Å². The first-order chi connectivity index (χ1) is 8.29. The third kappa shape index (κ3) is 3.86. The van der Waals surface area contributed by atoms with Crippen LogP contribution in [0.15, 0.2) is 17.5 Å². The smallest absolute Gasteiger partial charge is 0.221 e. The van der Waals surface area contributed by atoms with E-state index >= 15 is 0 Å². The molecule has 1 aromatic rings. The third-order valence-corrected chi connectivity index (χ3v) is 3.89. The predicted octanol–water partition coefficient (Wildman–Crippen LogP) is 2.49. The molecular weight excluding hydrogens is 232 g/mol. The zero-order valence-electron chi connectivity index (χ0n) is 9.69. The maximum atomic E-state index is 11.6. The molecule has 1 saturated carbocycles. The van der Waals surface area contributed by atoms with E-state index in [0.717, 1.165) is 25.7 Å². The van der Waals surface area contributed by atoms with E-state index in [1.54, 1.807) is 11.3 Å². The molecular formula is C13H16N2OS. The fourth-order valence-corrected chi connectivity index (χ4v) is 2.56. The van der Waals surface area contributed by atoms with Crippen LogP contribution in [0.5, 0.6) is 0 Å². The number of nitriles is 1. The molecule has 1 fully saturated rings. The second-order valence-corrected chi connectivity index (χ2v) is 5.48. The van der Waals surface area contributed by atoms with Gasteiger partial charge in [-0.15, -0.1) is 11.3 Å². The zero-order chi connectivity index (χ0) is 12.1. The minimum atomic E-state index is -0.260. The van der Waals surface area contributed by atoms with Crippen molar-refractivity contribution in [1.29, 1.82) is 5.26 Å². The molecule has 1 aliphatic carbocycles. The van der Waals surface area contributed by atoms with Gasteiger partial charge in [0.05, 0.1) is 6.07 Å². The van der Waals surface area contributed by atoms with Crippen LogP contribution in [0.2, 0.25) is 0 Å². The Morgan fingerprint density at radius 2 is 2.47 bits per heavy atom. The molecule has 0 saturated heterocycles. The number of thiophene rings is 1. The Morgan fingerprint density at radius 3 is 3.06 bits per heavy atom. The average Bonchev–Trinajstić information content (AvgIpc) is 3.04. The van der Waals surface area contributed by atoms with Crippen LogP contribution in [0.3, 0.4) is 0 Å². The first kappa shape index (κ1) is 12.1. The summed E-state index contributed by atoms with van der Waals surface area (Å²) < 4.78 is 0. The summed E-state index contributed by atoms with van der Waals surface area (Å²) >= 11 is 1.72. The van der Waals surface area contributed by atoms with Gasteiger partial charge in [-0.2, -0.15) is 5.26 Å². The van der Waals surface area contributed by atoms with Crippen molar-refractivity contribution in [3.05, 3.63) is 22.4 Å². The van der Waals surface area contributed by atoms with E-state index in [2.05, 4.69) is 17.5 Å². The van der Waals surface area contributed by atoms with E-state index in [0.29, 0.717) is 12.3 Å². The summed E-state index contributed by atoms with van der Waals surface area (Å²) in [4.78, 5) is 12.9. The van der Waals surface area contributed by atoms with E-state index in [9.17, 15) is 4.79 Å². The highest BCUT2D eigenvalue weighted by Crippen LogP contribution is 2.32. The van der Waals surface area contributed by atoms with Crippen molar-refractivity contribution in [3.8, 4) is 6.07 Å². The van der Waals surface area contributed by atoms with Crippen LogP contribution >= 0.6 is 11.3 Å². The first-order valence-electron chi connectivity index (χ1n) is 6.01. The van der Waals surface area contributed by atoms with Gasteiger partial charge in [-0.3, -0.25) is 4.79 Å². The van der Waals surface area contributed by atoms with Gasteiger partial charge in [0.15, 0.2) is 0 Å². The van der Waals surface area contributed by atoms with Gasteiger partial charge in [-0.1, -0.05) is 6.07 Å². The second kappa shape index (κ2) is 5.83. The Labute approximate surface area is 105 Å². The number of carbonyl (C=O) groups is 1. The number of aryl methyl sites for hydroxylation is 1. The number of hydrogen-bond donors (Lipinski definition) is 1. The second-order valence-electron chi connectivity index (χ2n) is 4.44. The van der Waals surface area contributed by atoms with Crippen molar-refractivity contribution >= 4 is 17.2 Å². The van der Waals surface area contributed by atoms with Crippen LogP contribution in [-0.2, 0) is 11.2 Å². The number of rotatable bonds is 6. The molecule has 0 bridgehead atoms. The van der Waals surface area contributed by atoms with Gasteiger partial charge in [0.2, 0.25) is 5.91 Å². The summed E-state index contributed by atoms with van der Waals surface area (Å²) in [6.45, 7) is 0. The Hall–Kier alpha value is -1.34. The van der Waals surface area contributed by atoms with Gasteiger partial charge >= 0.3 is 0 Å². The minimum Gasteiger partial charge on any atom is -0.340 e. The Morgan fingerprint density at radius 1 is 1.65 bits per heavy atom. The highest BCUT2D eigenvalue weighted by atomic mass is 32.1. The van der Waals surface area contributed by atoms with E-state index in [1.807, 2.05) is 11.4 Å². The lowest BCUT2D eigenvalue weighted by Gasteiger charge is -2.09. The molecule has 1 unspecified atom stereocenters. The molecule has 3 nitrogen and oxygen atoms in total. The summed E-state index contributed by atoms with van der Waals surface area (Å²) in [6.07, 6.45) is 4.48. The van der Waals surface area contributed by atoms with Crippen LogP contribution in [0, 0.1) is 17.2 Å². The SMILES string of the molecule is N#CC(NC(=O)CCCc1cccs1)C1CC1. The van der Waals surface area contributed by atoms with Gasteiger partial charge in [0.1, 0.15) is 6.04 Å². The normalized spacial score (nSPS) is 16.2. The molecule has 1 aromatic heterocycles. The molecule has 1 amide bonds. The van der Waals surface area contributed by atoms with Crippen LogP contribution in [-0.4, -0.2) is 11.9 Å². The van der Waals surface area contributed by atoms with Crippen molar-refractivity contribution in [2.45, 2.75) is 38.1 Å². The monoisotopic (exact) mass is 248 g/mol. The Bertz CT molecular complexity index is 404. The standard InChI is InChI=1S/C13H16N2OS/c14-9-12(10-6-7-10)15-13(16)5-1-3-11-4-2-8-17-11/h2,4,8,10,12H,1,3,5-7H2,(H,15,16). The maximum Gasteiger partial charge on any atom is 0.221 e. The van der Waals surface area contributed by atoms with E-state index in [4.69, 9.17) is 5.26 Å². The zero-order valence-corrected chi connectivity index (χ0v) is 10.5.